The zero-order valence-corrected chi connectivity index (χ0v) is 13.2. The molecule has 0 saturated heterocycles. The van der Waals surface area contributed by atoms with E-state index in [1.807, 2.05) is 49.4 Å². The third-order valence-electron chi connectivity index (χ3n) is 3.73. The number of ether oxygens (including phenoxy) is 1. The quantitative estimate of drug-likeness (QED) is 0.566. The highest BCUT2D eigenvalue weighted by atomic mass is 35.5. The maximum Gasteiger partial charge on any atom is 0.180 e. The molecule has 1 aromatic heterocycles. The smallest absolute Gasteiger partial charge is 0.180 e. The number of Topliss-reactive ketones (excluding diaryl/α,β-unsaturated/α-hetero) is 1. The molecule has 0 atom stereocenters. The summed E-state index contributed by atoms with van der Waals surface area (Å²) in [6, 6.07) is 13.6. The molecule has 22 heavy (non-hydrogen) atoms. The number of aryl methyl sites for hydroxylation is 1. The summed E-state index contributed by atoms with van der Waals surface area (Å²) in [6.45, 7) is 2.00. The predicted molar refractivity (Wildman–Crippen MR) is 90.1 cm³/mol. The number of aromatic nitrogens is 1. The van der Waals surface area contributed by atoms with E-state index in [0.717, 1.165) is 33.5 Å². The molecule has 2 aromatic carbocycles. The van der Waals surface area contributed by atoms with Gasteiger partial charge in [-0.15, -0.1) is 11.6 Å². The number of benzene rings is 2. The van der Waals surface area contributed by atoms with Gasteiger partial charge in [0.25, 0.3) is 0 Å². The number of para-hydroxylation sites is 1. The van der Waals surface area contributed by atoms with Crippen LogP contribution in [0.4, 0.5) is 0 Å². The van der Waals surface area contributed by atoms with Crippen LogP contribution >= 0.6 is 11.6 Å². The molecular weight excluding hydrogens is 298 g/mol. The fourth-order valence-electron chi connectivity index (χ4n) is 2.72. The monoisotopic (exact) mass is 313 g/mol. The predicted octanol–water partition coefficient (Wildman–Crippen LogP) is 4.57. The van der Waals surface area contributed by atoms with Gasteiger partial charge >= 0.3 is 0 Å². The minimum atomic E-state index is -0.0978. The Balaban J connectivity index is 2.36. The molecule has 0 unspecified atom stereocenters. The maximum atomic E-state index is 12.4. The number of carbonyl (C=O) groups is 1. The van der Waals surface area contributed by atoms with Gasteiger partial charge < -0.3 is 9.72 Å². The molecule has 0 amide bonds. The molecular formula is C18H16ClNO2. The summed E-state index contributed by atoms with van der Waals surface area (Å²) in [5, 5.41) is 0.895. The van der Waals surface area contributed by atoms with E-state index >= 15 is 0 Å². The first-order valence-electron chi connectivity index (χ1n) is 7.00. The highest BCUT2D eigenvalue weighted by Crippen LogP contribution is 2.36. The van der Waals surface area contributed by atoms with Crippen LogP contribution in [0, 0.1) is 6.92 Å². The lowest BCUT2D eigenvalue weighted by Crippen LogP contribution is -2.02. The molecule has 0 bridgehead atoms. The Morgan fingerprint density at radius 1 is 1.23 bits per heavy atom. The Morgan fingerprint density at radius 3 is 2.73 bits per heavy atom. The summed E-state index contributed by atoms with van der Waals surface area (Å²) in [7, 11) is 1.62. The van der Waals surface area contributed by atoms with Crippen LogP contribution in [0.1, 0.15) is 15.9 Å². The Bertz CT molecular complexity index is 851. The van der Waals surface area contributed by atoms with E-state index in [1.165, 1.54) is 0 Å². The molecule has 3 rings (SSSR count). The normalized spacial score (nSPS) is 10.9. The summed E-state index contributed by atoms with van der Waals surface area (Å²) in [4.78, 5) is 15.7. The summed E-state index contributed by atoms with van der Waals surface area (Å²) in [5.74, 6) is 0.567. The molecule has 0 saturated carbocycles. The van der Waals surface area contributed by atoms with Crippen LogP contribution in [0.2, 0.25) is 0 Å². The number of ketones is 1. The van der Waals surface area contributed by atoms with E-state index in [9.17, 15) is 4.79 Å². The first kappa shape index (κ1) is 14.7. The van der Waals surface area contributed by atoms with Crippen LogP contribution in [0.3, 0.4) is 0 Å². The van der Waals surface area contributed by atoms with E-state index in [-0.39, 0.29) is 11.7 Å². The molecule has 4 heteroatoms. The number of hydrogen-bond acceptors (Lipinski definition) is 2. The van der Waals surface area contributed by atoms with Crippen LogP contribution in [-0.4, -0.2) is 23.8 Å². The topological polar surface area (TPSA) is 42.1 Å². The number of H-pyrrole nitrogens is 1. The summed E-state index contributed by atoms with van der Waals surface area (Å²) in [6.07, 6.45) is 0. The Morgan fingerprint density at radius 2 is 2.00 bits per heavy atom. The molecule has 0 spiro atoms. The van der Waals surface area contributed by atoms with Crippen molar-refractivity contribution in [1.29, 1.82) is 0 Å². The third kappa shape index (κ3) is 2.38. The van der Waals surface area contributed by atoms with Gasteiger partial charge in [0.15, 0.2) is 5.78 Å². The summed E-state index contributed by atoms with van der Waals surface area (Å²) in [5.41, 5.74) is 4.25. The fourth-order valence-corrected chi connectivity index (χ4v) is 2.85. The number of rotatable bonds is 4. The van der Waals surface area contributed by atoms with Crippen molar-refractivity contribution in [2.45, 2.75) is 6.92 Å². The second kappa shape index (κ2) is 5.85. The second-order valence-electron chi connectivity index (χ2n) is 5.18. The van der Waals surface area contributed by atoms with Gasteiger partial charge in [0.05, 0.1) is 24.2 Å². The van der Waals surface area contributed by atoms with Crippen LogP contribution in [0.15, 0.2) is 42.5 Å². The van der Waals surface area contributed by atoms with Gasteiger partial charge in [-0.1, -0.05) is 23.8 Å². The first-order chi connectivity index (χ1) is 10.7. The van der Waals surface area contributed by atoms with Gasteiger partial charge in [0, 0.05) is 16.5 Å². The number of hydrogen-bond donors (Lipinski definition) is 1. The molecule has 112 valence electrons. The van der Waals surface area contributed by atoms with E-state index in [1.54, 1.807) is 7.11 Å². The lowest BCUT2D eigenvalue weighted by molar-refractivity contribution is 0.102. The van der Waals surface area contributed by atoms with Gasteiger partial charge in [0.1, 0.15) is 5.75 Å². The van der Waals surface area contributed by atoms with Crippen molar-refractivity contribution in [3.05, 3.63) is 53.6 Å². The molecule has 3 nitrogen and oxygen atoms in total. The van der Waals surface area contributed by atoms with Gasteiger partial charge in [-0.25, -0.2) is 0 Å². The Kier molecular flexibility index (Phi) is 3.90. The van der Waals surface area contributed by atoms with E-state index in [2.05, 4.69) is 4.98 Å². The van der Waals surface area contributed by atoms with Crippen molar-refractivity contribution < 1.29 is 9.53 Å². The van der Waals surface area contributed by atoms with Crippen LogP contribution in [0.25, 0.3) is 22.2 Å². The Labute approximate surface area is 133 Å². The maximum absolute atomic E-state index is 12.4. The standard InChI is InChI=1S/C18H16ClNO2/c1-11-7-8-14-13(9-11)17(15(21)10-19)18(20-14)12-5-3-4-6-16(12)22-2/h3-9,20H,10H2,1-2H3. The van der Waals surface area contributed by atoms with Crippen molar-refractivity contribution in [3.8, 4) is 17.0 Å². The zero-order valence-electron chi connectivity index (χ0n) is 12.4. The van der Waals surface area contributed by atoms with Crippen molar-refractivity contribution in [1.82, 2.24) is 4.98 Å². The molecule has 0 aliphatic carbocycles. The number of fused-ring (bicyclic) bond motifs is 1. The van der Waals surface area contributed by atoms with E-state index < -0.39 is 0 Å². The SMILES string of the molecule is COc1ccccc1-c1[nH]c2ccc(C)cc2c1C(=O)CCl. The average Bonchev–Trinajstić information content (AvgIpc) is 2.92. The third-order valence-corrected chi connectivity index (χ3v) is 3.97. The average molecular weight is 314 g/mol. The minimum Gasteiger partial charge on any atom is -0.496 e. The number of halogens is 1. The zero-order chi connectivity index (χ0) is 15.7. The van der Waals surface area contributed by atoms with Crippen molar-refractivity contribution in [2.75, 3.05) is 13.0 Å². The van der Waals surface area contributed by atoms with Crippen molar-refractivity contribution in [3.63, 3.8) is 0 Å². The molecule has 0 fully saturated rings. The summed E-state index contributed by atoms with van der Waals surface area (Å²) >= 11 is 5.82. The van der Waals surface area contributed by atoms with Gasteiger partial charge in [-0.3, -0.25) is 4.79 Å². The van der Waals surface area contributed by atoms with Crippen molar-refractivity contribution >= 4 is 28.3 Å². The molecule has 1 N–H and O–H groups in total. The van der Waals surface area contributed by atoms with Gasteiger partial charge in [0.2, 0.25) is 0 Å². The number of carbonyl (C=O) groups excluding carboxylic acids is 1. The number of methoxy groups -OCH3 is 1. The molecule has 0 aliphatic heterocycles. The van der Waals surface area contributed by atoms with Gasteiger partial charge in [-0.05, 0) is 31.2 Å². The van der Waals surface area contributed by atoms with E-state index in [0.29, 0.717) is 5.56 Å². The van der Waals surface area contributed by atoms with E-state index in [4.69, 9.17) is 16.3 Å². The molecule has 3 aromatic rings. The van der Waals surface area contributed by atoms with Crippen LogP contribution in [0.5, 0.6) is 5.75 Å². The Hall–Kier alpha value is -2.26. The molecule has 0 radical (unpaired) electrons. The second-order valence-corrected chi connectivity index (χ2v) is 5.45. The van der Waals surface area contributed by atoms with Crippen LogP contribution < -0.4 is 4.74 Å². The first-order valence-corrected chi connectivity index (χ1v) is 7.54. The lowest BCUT2D eigenvalue weighted by atomic mass is 10.0. The molecule has 0 aliphatic rings. The fraction of sp³-hybridized carbons (Fsp3) is 0.167. The van der Waals surface area contributed by atoms with Crippen LogP contribution in [-0.2, 0) is 0 Å². The summed E-state index contributed by atoms with van der Waals surface area (Å²) < 4.78 is 5.42. The minimum absolute atomic E-state index is 0.0525. The molecule has 1 heterocycles. The lowest BCUT2D eigenvalue weighted by Gasteiger charge is -2.08. The largest absolute Gasteiger partial charge is 0.496 e. The number of nitrogens with one attached hydrogen (secondary N) is 1. The number of aromatic amines is 1. The number of alkyl halides is 1. The van der Waals surface area contributed by atoms with Crippen molar-refractivity contribution in [2.24, 2.45) is 0 Å². The highest BCUT2D eigenvalue weighted by molar-refractivity contribution is 6.33. The van der Waals surface area contributed by atoms with Gasteiger partial charge in [-0.2, -0.15) is 0 Å². The highest BCUT2D eigenvalue weighted by Gasteiger charge is 2.21.